The predicted molar refractivity (Wildman–Crippen MR) is 75.2 cm³/mol. The van der Waals surface area contributed by atoms with Gasteiger partial charge in [0.15, 0.2) is 15.4 Å². The van der Waals surface area contributed by atoms with E-state index in [1.807, 2.05) is 19.1 Å². The number of fused-ring (bicyclic) bond motifs is 1. The predicted octanol–water partition coefficient (Wildman–Crippen LogP) is 3.76. The summed E-state index contributed by atoms with van der Waals surface area (Å²) in [4.78, 5) is 17.6. The van der Waals surface area contributed by atoms with Crippen molar-refractivity contribution in [2.24, 2.45) is 0 Å². The first kappa shape index (κ1) is 12.9. The van der Waals surface area contributed by atoms with E-state index in [-0.39, 0.29) is 11.9 Å². The summed E-state index contributed by atoms with van der Waals surface area (Å²) in [6, 6.07) is 3.71. The van der Waals surface area contributed by atoms with E-state index in [9.17, 15) is 4.79 Å². The lowest BCUT2D eigenvalue weighted by atomic mass is 10.1. The lowest BCUT2D eigenvalue weighted by molar-refractivity contribution is -0.145. The maximum absolute atomic E-state index is 11.9. The molecule has 0 N–H and O–H groups in total. The molecule has 0 spiro atoms. The maximum atomic E-state index is 11.9. The van der Waals surface area contributed by atoms with Crippen LogP contribution >= 0.6 is 27.3 Å². The van der Waals surface area contributed by atoms with E-state index in [0.29, 0.717) is 11.3 Å². The third-order valence-corrected chi connectivity index (χ3v) is 4.64. The first-order chi connectivity index (χ1) is 9.19. The van der Waals surface area contributed by atoms with Crippen molar-refractivity contribution in [1.82, 2.24) is 4.98 Å². The molecule has 0 aromatic carbocycles. The lowest BCUT2D eigenvalue weighted by Crippen LogP contribution is -2.14. The molecule has 100 valence electrons. The molecule has 0 bridgehead atoms. The van der Waals surface area contributed by atoms with Crippen LogP contribution in [0.2, 0.25) is 0 Å². The minimum absolute atomic E-state index is 0.168. The van der Waals surface area contributed by atoms with Crippen LogP contribution in [0.1, 0.15) is 29.8 Å². The van der Waals surface area contributed by atoms with E-state index in [2.05, 4.69) is 20.9 Å². The Bertz CT molecular complexity index is 619. The molecule has 2 heterocycles. The molecular weight excluding hydrogens is 330 g/mol. The molecule has 2 aromatic rings. The molecule has 0 amide bonds. The molecule has 0 saturated heterocycles. The van der Waals surface area contributed by atoms with Crippen LogP contribution in [0.4, 0.5) is 0 Å². The number of furan rings is 1. The Morgan fingerprint density at radius 3 is 3.16 bits per heavy atom. The molecule has 0 fully saturated rings. The van der Waals surface area contributed by atoms with Gasteiger partial charge in [0.05, 0.1) is 12.3 Å². The van der Waals surface area contributed by atoms with E-state index in [0.717, 1.165) is 29.3 Å². The number of carbonyl (C=O) groups excluding carboxylic acids is 1. The minimum atomic E-state index is -0.210. The molecule has 1 aliphatic carbocycles. The molecule has 0 aliphatic heterocycles. The Balaban J connectivity index is 1.90. The third kappa shape index (κ3) is 2.34. The first-order valence-corrected chi connectivity index (χ1v) is 7.72. The number of rotatable bonds is 3. The monoisotopic (exact) mass is 341 g/mol. The second-order valence-corrected chi connectivity index (χ2v) is 6.14. The normalized spacial score (nSPS) is 17.5. The van der Waals surface area contributed by atoms with Gasteiger partial charge in [-0.3, -0.25) is 4.79 Å². The smallest absolute Gasteiger partial charge is 0.315 e. The second-order valence-electron chi connectivity index (χ2n) is 4.27. The number of thiazole rings is 1. The number of aromatic nitrogens is 1. The van der Waals surface area contributed by atoms with Crippen molar-refractivity contribution in [1.29, 1.82) is 0 Å². The van der Waals surface area contributed by atoms with Gasteiger partial charge in [-0.15, -0.1) is 11.3 Å². The summed E-state index contributed by atoms with van der Waals surface area (Å²) in [6.07, 6.45) is 1.69. The highest BCUT2D eigenvalue weighted by molar-refractivity contribution is 9.10. The Hall–Kier alpha value is -1.14. The van der Waals surface area contributed by atoms with Gasteiger partial charge in [0.1, 0.15) is 5.92 Å². The molecule has 2 aromatic heterocycles. The fraction of sp³-hybridized carbons (Fsp3) is 0.385. The van der Waals surface area contributed by atoms with Crippen molar-refractivity contribution in [2.45, 2.75) is 25.7 Å². The van der Waals surface area contributed by atoms with Gasteiger partial charge in [0, 0.05) is 4.88 Å². The van der Waals surface area contributed by atoms with Crippen LogP contribution in [-0.2, 0) is 16.0 Å². The van der Waals surface area contributed by atoms with Crippen LogP contribution in [0.3, 0.4) is 0 Å². The highest BCUT2D eigenvalue weighted by Gasteiger charge is 2.34. The summed E-state index contributed by atoms with van der Waals surface area (Å²) in [5.41, 5.74) is 0.867. The Kier molecular flexibility index (Phi) is 3.45. The number of hydrogen-bond acceptors (Lipinski definition) is 5. The molecular formula is C13H12BrNO3S. The van der Waals surface area contributed by atoms with E-state index in [4.69, 9.17) is 9.15 Å². The van der Waals surface area contributed by atoms with E-state index < -0.39 is 0 Å². The van der Waals surface area contributed by atoms with E-state index >= 15 is 0 Å². The zero-order chi connectivity index (χ0) is 13.4. The van der Waals surface area contributed by atoms with Gasteiger partial charge >= 0.3 is 5.97 Å². The number of carbonyl (C=O) groups is 1. The molecule has 0 saturated carbocycles. The van der Waals surface area contributed by atoms with Crippen molar-refractivity contribution >= 4 is 33.2 Å². The molecule has 1 atom stereocenters. The van der Waals surface area contributed by atoms with Crippen LogP contribution in [0.25, 0.3) is 10.8 Å². The summed E-state index contributed by atoms with van der Waals surface area (Å²) in [6.45, 7) is 2.23. The van der Waals surface area contributed by atoms with Gasteiger partial charge in [-0.2, -0.15) is 0 Å². The fourth-order valence-electron chi connectivity index (χ4n) is 2.23. The van der Waals surface area contributed by atoms with E-state index in [1.165, 1.54) is 4.88 Å². The number of aryl methyl sites for hydroxylation is 1. The summed E-state index contributed by atoms with van der Waals surface area (Å²) < 4.78 is 11.3. The van der Waals surface area contributed by atoms with Crippen molar-refractivity contribution < 1.29 is 13.9 Å². The number of hydrogen-bond donors (Lipinski definition) is 0. The lowest BCUT2D eigenvalue weighted by Gasteiger charge is -2.07. The largest absolute Gasteiger partial charge is 0.465 e. The molecule has 1 aliphatic rings. The van der Waals surface area contributed by atoms with Gasteiger partial charge < -0.3 is 9.15 Å². The summed E-state index contributed by atoms with van der Waals surface area (Å²) in [5.74, 6) is 0.353. The first-order valence-electron chi connectivity index (χ1n) is 6.11. The van der Waals surface area contributed by atoms with Crippen molar-refractivity contribution in [2.75, 3.05) is 6.61 Å². The van der Waals surface area contributed by atoms with Crippen LogP contribution < -0.4 is 0 Å². The molecule has 19 heavy (non-hydrogen) atoms. The average molecular weight is 342 g/mol. The highest BCUT2D eigenvalue weighted by atomic mass is 79.9. The standard InChI is InChI=1S/C13H12BrNO3S/c1-2-17-13(16)7-3-5-9-11(7)15-12(19-9)8-4-6-10(14)18-8/h4,6-7H,2-3,5H2,1H3. The van der Waals surface area contributed by atoms with Gasteiger partial charge in [-0.05, 0) is 47.8 Å². The highest BCUT2D eigenvalue weighted by Crippen LogP contribution is 2.40. The Morgan fingerprint density at radius 1 is 1.63 bits per heavy atom. The van der Waals surface area contributed by atoms with Gasteiger partial charge in [-0.25, -0.2) is 4.98 Å². The zero-order valence-corrected chi connectivity index (χ0v) is 12.7. The van der Waals surface area contributed by atoms with Gasteiger partial charge in [-0.1, -0.05) is 0 Å². The van der Waals surface area contributed by atoms with Crippen molar-refractivity contribution in [3.8, 4) is 10.8 Å². The van der Waals surface area contributed by atoms with E-state index in [1.54, 1.807) is 11.3 Å². The topological polar surface area (TPSA) is 52.3 Å². The summed E-state index contributed by atoms with van der Waals surface area (Å²) in [5, 5.41) is 0.824. The average Bonchev–Trinajstić information content (AvgIpc) is 3.02. The SMILES string of the molecule is CCOC(=O)C1CCc2sc(-c3ccc(Br)o3)nc21. The minimum Gasteiger partial charge on any atom is -0.465 e. The molecule has 1 unspecified atom stereocenters. The molecule has 3 rings (SSSR count). The van der Waals surface area contributed by atoms with Crippen LogP contribution in [0.5, 0.6) is 0 Å². The number of halogens is 1. The number of ether oxygens (including phenoxy) is 1. The quantitative estimate of drug-likeness (QED) is 0.797. The Labute approximate surface area is 122 Å². The Morgan fingerprint density at radius 2 is 2.47 bits per heavy atom. The summed E-state index contributed by atoms with van der Waals surface area (Å²) >= 11 is 4.87. The third-order valence-electron chi connectivity index (χ3n) is 3.07. The molecule has 0 radical (unpaired) electrons. The summed E-state index contributed by atoms with van der Waals surface area (Å²) in [7, 11) is 0. The van der Waals surface area contributed by atoms with Crippen LogP contribution in [0, 0.1) is 0 Å². The van der Waals surface area contributed by atoms with Crippen LogP contribution in [-0.4, -0.2) is 17.6 Å². The maximum Gasteiger partial charge on any atom is 0.315 e. The molecule has 6 heteroatoms. The van der Waals surface area contributed by atoms with Crippen LogP contribution in [0.15, 0.2) is 21.2 Å². The van der Waals surface area contributed by atoms with Gasteiger partial charge in [0.25, 0.3) is 0 Å². The number of esters is 1. The fourth-order valence-corrected chi connectivity index (χ4v) is 3.64. The van der Waals surface area contributed by atoms with Crippen molar-refractivity contribution in [3.63, 3.8) is 0 Å². The number of nitrogens with zero attached hydrogens (tertiary/aromatic N) is 1. The van der Waals surface area contributed by atoms with Crippen molar-refractivity contribution in [3.05, 3.63) is 27.4 Å². The van der Waals surface area contributed by atoms with Gasteiger partial charge in [0.2, 0.25) is 0 Å². The molecule has 4 nitrogen and oxygen atoms in total. The zero-order valence-electron chi connectivity index (χ0n) is 10.3. The second kappa shape index (κ2) is 5.09.